The Bertz CT molecular complexity index is 1370. The number of nitrogens with one attached hydrogen (secondary N) is 2. The van der Waals surface area contributed by atoms with E-state index in [2.05, 4.69) is 65.8 Å². The van der Waals surface area contributed by atoms with E-state index in [1.807, 2.05) is 12.1 Å². The van der Waals surface area contributed by atoms with Crippen LogP contribution < -0.4 is 5.32 Å². The number of esters is 1. The van der Waals surface area contributed by atoms with Gasteiger partial charge in [0.25, 0.3) is 0 Å². The predicted octanol–water partition coefficient (Wildman–Crippen LogP) is 7.06. The van der Waals surface area contributed by atoms with Crippen molar-refractivity contribution in [3.63, 3.8) is 0 Å². The molecule has 1 aliphatic rings. The molecule has 5 nitrogen and oxygen atoms in total. The van der Waals surface area contributed by atoms with Crippen LogP contribution in [0, 0.1) is 0 Å². The van der Waals surface area contributed by atoms with E-state index in [9.17, 15) is 4.79 Å². The minimum Gasteiger partial charge on any atom is -0.465 e. The molecular weight excluding hydrogens is 446 g/mol. The number of methoxy groups -OCH3 is 1. The lowest BCUT2D eigenvalue weighted by molar-refractivity contribution is 0.0600. The van der Waals surface area contributed by atoms with Gasteiger partial charge in [0, 0.05) is 5.56 Å². The highest BCUT2D eigenvalue weighted by Crippen LogP contribution is 2.32. The van der Waals surface area contributed by atoms with Gasteiger partial charge in [-0.15, -0.1) is 0 Å². The highest BCUT2D eigenvalue weighted by atomic mass is 16.5. The Morgan fingerprint density at radius 2 is 1.81 bits per heavy atom. The minimum atomic E-state index is -0.334. The van der Waals surface area contributed by atoms with E-state index < -0.39 is 0 Å². The third-order valence-electron chi connectivity index (χ3n) is 6.93. The number of ether oxygens (including phenoxy) is 1. The van der Waals surface area contributed by atoms with Gasteiger partial charge in [-0.3, -0.25) is 0 Å². The zero-order valence-corrected chi connectivity index (χ0v) is 21.0. The number of aromatic amines is 1. The third-order valence-corrected chi connectivity index (χ3v) is 6.93. The second-order valence-electron chi connectivity index (χ2n) is 9.38. The number of H-pyrrole nitrogens is 1. The molecule has 5 rings (SSSR count). The molecule has 0 amide bonds. The maximum atomic E-state index is 11.9. The molecule has 1 atom stereocenters. The number of hydrogen-bond acceptors (Lipinski definition) is 4. The number of imidazole rings is 1. The zero-order chi connectivity index (χ0) is 24.9. The van der Waals surface area contributed by atoms with Gasteiger partial charge in [-0.25, -0.2) is 9.78 Å². The number of rotatable bonds is 8. The Labute approximate surface area is 212 Å². The summed E-state index contributed by atoms with van der Waals surface area (Å²) in [6, 6.07) is 22.6. The predicted molar refractivity (Wildman–Crippen MR) is 146 cm³/mol. The molecule has 0 saturated carbocycles. The Morgan fingerprint density at radius 1 is 1.03 bits per heavy atom. The zero-order valence-electron chi connectivity index (χ0n) is 21.0. The van der Waals surface area contributed by atoms with Gasteiger partial charge in [0.05, 0.1) is 29.7 Å². The maximum absolute atomic E-state index is 11.9. The third kappa shape index (κ3) is 4.98. The Morgan fingerprint density at radius 3 is 2.50 bits per heavy atom. The van der Waals surface area contributed by atoms with Crippen LogP contribution in [0.2, 0.25) is 0 Å². The first-order valence-electron chi connectivity index (χ1n) is 12.9. The van der Waals surface area contributed by atoms with Crippen molar-refractivity contribution in [1.29, 1.82) is 0 Å². The van der Waals surface area contributed by atoms with E-state index in [-0.39, 0.29) is 12.0 Å². The van der Waals surface area contributed by atoms with Crippen molar-refractivity contribution in [3.8, 4) is 11.1 Å². The van der Waals surface area contributed by atoms with Gasteiger partial charge < -0.3 is 15.0 Å². The van der Waals surface area contributed by atoms with Crippen molar-refractivity contribution in [2.75, 3.05) is 13.7 Å². The van der Waals surface area contributed by atoms with Crippen LogP contribution in [-0.2, 0) is 4.74 Å². The fourth-order valence-electron chi connectivity index (χ4n) is 4.98. The van der Waals surface area contributed by atoms with Gasteiger partial charge in [-0.05, 0) is 79.1 Å². The molecule has 36 heavy (non-hydrogen) atoms. The van der Waals surface area contributed by atoms with Crippen LogP contribution in [0.25, 0.3) is 27.7 Å². The molecule has 1 aliphatic carbocycles. The SMILES string of the molecule is CCCNC(c1ccc(C(=O)OC)cc1)c1nc2c(-c3ccc(C4=CCCCC4)cc3)cccc2[nH]1. The molecule has 5 heteroatoms. The number of nitrogens with zero attached hydrogens (tertiary/aromatic N) is 1. The first-order chi connectivity index (χ1) is 17.7. The summed E-state index contributed by atoms with van der Waals surface area (Å²) in [4.78, 5) is 20.5. The highest BCUT2D eigenvalue weighted by molar-refractivity contribution is 5.92. The Kier molecular flexibility index (Phi) is 7.28. The molecule has 0 spiro atoms. The van der Waals surface area contributed by atoms with E-state index in [1.54, 1.807) is 12.1 Å². The summed E-state index contributed by atoms with van der Waals surface area (Å²) in [6.45, 7) is 3.00. The van der Waals surface area contributed by atoms with Crippen molar-refractivity contribution in [2.45, 2.75) is 45.1 Å². The first kappa shape index (κ1) is 24.0. The van der Waals surface area contributed by atoms with Crippen LogP contribution in [0.15, 0.2) is 72.8 Å². The van der Waals surface area contributed by atoms with Crippen molar-refractivity contribution in [1.82, 2.24) is 15.3 Å². The van der Waals surface area contributed by atoms with Gasteiger partial charge in [0.2, 0.25) is 0 Å². The van der Waals surface area contributed by atoms with Crippen LogP contribution in [0.4, 0.5) is 0 Å². The number of carbonyl (C=O) groups excluding carboxylic acids is 1. The summed E-state index contributed by atoms with van der Waals surface area (Å²) in [5, 5.41) is 3.61. The fraction of sp³-hybridized carbons (Fsp3) is 0.290. The van der Waals surface area contributed by atoms with Gasteiger partial charge in [-0.1, -0.05) is 61.5 Å². The molecule has 184 valence electrons. The number of benzene rings is 3. The van der Waals surface area contributed by atoms with E-state index in [0.717, 1.165) is 41.0 Å². The lowest BCUT2D eigenvalue weighted by Gasteiger charge is -2.17. The van der Waals surface area contributed by atoms with Crippen molar-refractivity contribution in [2.24, 2.45) is 0 Å². The van der Waals surface area contributed by atoms with Crippen LogP contribution in [0.3, 0.4) is 0 Å². The number of allylic oxidation sites excluding steroid dienone is 2. The molecule has 0 aliphatic heterocycles. The molecule has 1 heterocycles. The minimum absolute atomic E-state index is 0.113. The molecule has 0 saturated heterocycles. The van der Waals surface area contributed by atoms with Gasteiger partial charge in [0.15, 0.2) is 0 Å². The molecule has 1 unspecified atom stereocenters. The van der Waals surface area contributed by atoms with Crippen molar-refractivity contribution < 1.29 is 9.53 Å². The number of carbonyl (C=O) groups is 1. The Hall–Kier alpha value is -3.70. The van der Waals surface area contributed by atoms with Gasteiger partial charge >= 0.3 is 5.97 Å². The molecule has 3 aromatic carbocycles. The molecule has 0 radical (unpaired) electrons. The Balaban J connectivity index is 1.48. The molecule has 4 aromatic rings. The number of aromatic nitrogens is 2. The van der Waals surface area contributed by atoms with E-state index >= 15 is 0 Å². The first-order valence-corrected chi connectivity index (χ1v) is 12.9. The van der Waals surface area contributed by atoms with Crippen LogP contribution in [0.1, 0.15) is 72.4 Å². The van der Waals surface area contributed by atoms with Crippen LogP contribution >= 0.6 is 0 Å². The van der Waals surface area contributed by atoms with E-state index in [0.29, 0.717) is 5.56 Å². The molecule has 2 N–H and O–H groups in total. The summed E-state index contributed by atoms with van der Waals surface area (Å²) in [5.74, 6) is 0.527. The molecule has 0 bridgehead atoms. The molecular formula is C31H33N3O2. The summed E-state index contributed by atoms with van der Waals surface area (Å²) in [5.41, 5.74) is 8.64. The second-order valence-corrected chi connectivity index (χ2v) is 9.38. The average molecular weight is 480 g/mol. The van der Waals surface area contributed by atoms with E-state index in [1.165, 1.54) is 49.5 Å². The monoisotopic (exact) mass is 479 g/mol. The second kappa shape index (κ2) is 10.9. The average Bonchev–Trinajstić information content (AvgIpc) is 3.38. The quantitative estimate of drug-likeness (QED) is 0.265. The topological polar surface area (TPSA) is 67.0 Å². The number of para-hydroxylation sites is 1. The van der Waals surface area contributed by atoms with E-state index in [4.69, 9.17) is 9.72 Å². The van der Waals surface area contributed by atoms with Crippen LogP contribution in [-0.4, -0.2) is 29.6 Å². The highest BCUT2D eigenvalue weighted by Gasteiger charge is 2.20. The summed E-state index contributed by atoms with van der Waals surface area (Å²) >= 11 is 0. The number of fused-ring (bicyclic) bond motifs is 1. The lowest BCUT2D eigenvalue weighted by atomic mass is 9.92. The van der Waals surface area contributed by atoms with Gasteiger partial charge in [-0.2, -0.15) is 0 Å². The summed E-state index contributed by atoms with van der Waals surface area (Å²) in [7, 11) is 1.40. The van der Waals surface area contributed by atoms with Crippen LogP contribution in [0.5, 0.6) is 0 Å². The van der Waals surface area contributed by atoms with Crippen molar-refractivity contribution in [3.05, 3.63) is 95.3 Å². The van der Waals surface area contributed by atoms with Crippen molar-refractivity contribution >= 4 is 22.6 Å². The smallest absolute Gasteiger partial charge is 0.337 e. The van der Waals surface area contributed by atoms with Gasteiger partial charge in [0.1, 0.15) is 5.82 Å². The largest absolute Gasteiger partial charge is 0.465 e. The maximum Gasteiger partial charge on any atom is 0.337 e. The normalized spacial score (nSPS) is 14.4. The summed E-state index contributed by atoms with van der Waals surface area (Å²) < 4.78 is 4.85. The standard InChI is InChI=1S/C31H33N3O2/c1-3-20-32-28(24-16-18-25(19-17-24)31(35)36-2)30-33-27-11-7-10-26(29(27)34-30)23-14-12-22(13-15-23)21-8-5-4-6-9-21/h7-8,10-19,28,32H,3-6,9,20H2,1-2H3,(H,33,34). The lowest BCUT2D eigenvalue weighted by Crippen LogP contribution is -2.24. The summed E-state index contributed by atoms with van der Waals surface area (Å²) in [6.07, 6.45) is 8.33. The molecule has 1 aromatic heterocycles. The fourth-order valence-corrected chi connectivity index (χ4v) is 4.98. The number of hydrogen-bond donors (Lipinski definition) is 2. The molecule has 0 fully saturated rings.